The molecule has 1 heterocycles. The fraction of sp³-hybridized carbons (Fsp3) is 0.940. The third-order valence-corrected chi connectivity index (χ3v) is 16.5. The molecule has 0 saturated carbocycles. The van der Waals surface area contributed by atoms with Gasteiger partial charge < -0.3 is 19.7 Å². The van der Waals surface area contributed by atoms with Crippen molar-refractivity contribution in [2.45, 2.75) is 366 Å². The monoisotopic (exact) mass is 1030 g/mol. The second kappa shape index (κ2) is 56.8. The van der Waals surface area contributed by atoms with Gasteiger partial charge in [-0.05, 0) is 32.1 Å². The van der Waals surface area contributed by atoms with Crippen LogP contribution in [-0.4, -0.2) is 48.6 Å². The molecule has 1 aliphatic heterocycles. The first-order valence-electron chi connectivity index (χ1n) is 33.3. The lowest BCUT2D eigenvalue weighted by atomic mass is 9.92. The Labute approximate surface area is 455 Å². The van der Waals surface area contributed by atoms with Crippen molar-refractivity contribution in [3.63, 3.8) is 0 Å². The van der Waals surface area contributed by atoms with E-state index in [-0.39, 0.29) is 19.6 Å². The molecule has 0 spiro atoms. The molecule has 1 atom stereocenters. The summed E-state index contributed by atoms with van der Waals surface area (Å²) in [6.07, 6.45) is 81.7. The molecule has 2 N–H and O–H groups in total. The third-order valence-electron chi connectivity index (χ3n) is 16.5. The lowest BCUT2D eigenvalue weighted by molar-refractivity contribution is -0.155. The molecule has 0 aromatic heterocycles. The third kappa shape index (κ3) is 48.7. The van der Waals surface area contributed by atoms with Crippen molar-refractivity contribution in [3.8, 4) is 0 Å². The quantitative estimate of drug-likeness (QED) is 0.0358. The Morgan fingerprint density at radius 3 is 0.849 bits per heavy atom. The van der Waals surface area contributed by atoms with E-state index in [2.05, 4.69) is 19.1 Å². The van der Waals surface area contributed by atoms with Gasteiger partial charge in [-0.15, -0.1) is 0 Å². The van der Waals surface area contributed by atoms with Gasteiger partial charge >= 0.3 is 11.9 Å². The van der Waals surface area contributed by atoms with Gasteiger partial charge in [0.2, 0.25) is 0 Å². The molecule has 0 aliphatic carbocycles. The summed E-state index contributed by atoms with van der Waals surface area (Å²) in [5.41, 5.74) is -1.13. The molecular formula is C67H128O6. The largest absolute Gasteiger partial charge is 0.465 e. The second-order valence-electron chi connectivity index (χ2n) is 23.9. The van der Waals surface area contributed by atoms with E-state index in [0.717, 1.165) is 19.3 Å². The molecule has 1 unspecified atom stereocenters. The Hall–Kier alpha value is -1.40. The Morgan fingerprint density at radius 1 is 0.356 bits per heavy atom. The minimum atomic E-state index is -1.13. The van der Waals surface area contributed by atoms with E-state index < -0.39 is 36.5 Å². The van der Waals surface area contributed by atoms with E-state index in [0.29, 0.717) is 6.42 Å². The molecule has 0 bridgehead atoms. The minimum absolute atomic E-state index is 0.00141. The number of hydrogen-bond acceptors (Lipinski definition) is 6. The van der Waals surface area contributed by atoms with Gasteiger partial charge in [0.15, 0.2) is 0 Å². The molecule has 0 amide bonds. The van der Waals surface area contributed by atoms with Gasteiger partial charge in [0.25, 0.3) is 0 Å². The fourth-order valence-electron chi connectivity index (χ4n) is 11.1. The highest BCUT2D eigenvalue weighted by atomic mass is 16.6. The van der Waals surface area contributed by atoms with Crippen LogP contribution in [0.3, 0.4) is 0 Å². The summed E-state index contributed by atoms with van der Waals surface area (Å²) in [5.74, 6) is -1.41. The van der Waals surface area contributed by atoms with Crippen LogP contribution < -0.4 is 0 Å². The van der Waals surface area contributed by atoms with Gasteiger partial charge in [-0.3, -0.25) is 9.59 Å². The number of allylic oxidation sites excluding steroid dienone is 2. The molecule has 1 saturated heterocycles. The first-order valence-corrected chi connectivity index (χ1v) is 33.3. The van der Waals surface area contributed by atoms with Crippen LogP contribution in [0.2, 0.25) is 0 Å². The Kier molecular flexibility index (Phi) is 54.2. The number of esters is 2. The standard InChI is InChI=1S/C67H128O6/c1-2-3-4-5-6-7-8-9-10-11-12-13-14-15-16-17-18-19-20-21-22-23-24-25-26-27-28-29-30-31-32-33-34-35-36-37-38-39-40-41-42-43-44-45-46-47-48-49-50-51-52-53-54-55-56-57-58-64-59-65(70)72-62-67(60-68,61-69)63-73-66(64)71/h45-46,64,68-69H,2-44,47-63H2,1H3/b46-45+. The molecule has 1 aliphatic rings. The highest BCUT2D eigenvalue weighted by Gasteiger charge is 2.36. The van der Waals surface area contributed by atoms with Crippen molar-refractivity contribution in [2.24, 2.45) is 11.3 Å². The van der Waals surface area contributed by atoms with Gasteiger partial charge in [-0.25, -0.2) is 0 Å². The summed E-state index contributed by atoms with van der Waals surface area (Å²) in [6.45, 7) is 1.20. The Morgan fingerprint density at radius 2 is 0.589 bits per heavy atom. The summed E-state index contributed by atoms with van der Waals surface area (Å²) in [4.78, 5) is 24.7. The summed E-state index contributed by atoms with van der Waals surface area (Å²) in [7, 11) is 0. The van der Waals surface area contributed by atoms with Crippen LogP contribution in [-0.2, 0) is 19.1 Å². The number of carbonyl (C=O) groups excluding carboxylic acids is 2. The number of carbonyl (C=O) groups is 2. The second-order valence-corrected chi connectivity index (χ2v) is 23.9. The van der Waals surface area contributed by atoms with Gasteiger partial charge in [-0.2, -0.15) is 0 Å². The van der Waals surface area contributed by atoms with Gasteiger partial charge in [-0.1, -0.05) is 340 Å². The SMILES string of the molecule is CCCCCCCCCCCCCCCCCCCCCCCCCCCCCCCCCCCCCCCCCCCC/C=C/CCCCCCCCCCCCC1CC(=O)OCC(CO)(CO)COC1=O. The topological polar surface area (TPSA) is 93.1 Å². The fourth-order valence-corrected chi connectivity index (χ4v) is 11.1. The van der Waals surface area contributed by atoms with Crippen molar-refractivity contribution in [1.82, 2.24) is 0 Å². The average molecular weight is 1030 g/mol. The van der Waals surface area contributed by atoms with Crippen LogP contribution in [0.4, 0.5) is 0 Å². The highest BCUT2D eigenvalue weighted by molar-refractivity contribution is 5.80. The number of hydrogen-bond donors (Lipinski definition) is 2. The summed E-state index contributed by atoms with van der Waals surface area (Å²) in [6, 6.07) is 0. The van der Waals surface area contributed by atoms with E-state index in [1.165, 1.54) is 327 Å². The highest BCUT2D eigenvalue weighted by Crippen LogP contribution is 2.25. The molecule has 0 radical (unpaired) electrons. The summed E-state index contributed by atoms with van der Waals surface area (Å²) >= 11 is 0. The number of rotatable bonds is 58. The number of unbranched alkanes of at least 4 members (excludes halogenated alkanes) is 52. The van der Waals surface area contributed by atoms with Crippen molar-refractivity contribution in [3.05, 3.63) is 12.2 Å². The lowest BCUT2D eigenvalue weighted by Crippen LogP contribution is -2.40. The van der Waals surface area contributed by atoms with Crippen LogP contribution in [0.15, 0.2) is 12.2 Å². The molecule has 6 heteroatoms. The van der Waals surface area contributed by atoms with Crippen molar-refractivity contribution >= 4 is 11.9 Å². The normalized spacial score (nSPS) is 15.2. The van der Waals surface area contributed by atoms with Gasteiger partial charge in [0.05, 0.1) is 31.0 Å². The van der Waals surface area contributed by atoms with Crippen LogP contribution >= 0.6 is 0 Å². The van der Waals surface area contributed by atoms with E-state index in [1.54, 1.807) is 0 Å². The molecular weight excluding hydrogens is 901 g/mol. The maximum atomic E-state index is 12.5. The first-order chi connectivity index (χ1) is 36.1. The molecule has 0 aromatic carbocycles. The maximum absolute atomic E-state index is 12.5. The number of cyclic esters (lactones) is 2. The van der Waals surface area contributed by atoms with Gasteiger partial charge in [0.1, 0.15) is 13.2 Å². The Bertz CT molecular complexity index is 1150. The molecule has 1 fully saturated rings. The Balaban J connectivity index is 1.68. The van der Waals surface area contributed by atoms with Gasteiger partial charge in [0, 0.05) is 0 Å². The first kappa shape index (κ1) is 69.6. The van der Waals surface area contributed by atoms with Crippen LogP contribution in [0.5, 0.6) is 0 Å². The van der Waals surface area contributed by atoms with Crippen molar-refractivity contribution < 1.29 is 29.3 Å². The van der Waals surface area contributed by atoms with Crippen molar-refractivity contribution in [1.29, 1.82) is 0 Å². The zero-order valence-corrected chi connectivity index (χ0v) is 49.2. The molecule has 0 aromatic rings. The summed E-state index contributed by atoms with van der Waals surface area (Å²) < 4.78 is 10.6. The molecule has 1 rings (SSSR count). The predicted octanol–water partition coefficient (Wildman–Crippen LogP) is 21.1. The lowest BCUT2D eigenvalue weighted by Gasteiger charge is -2.27. The number of aliphatic hydroxyl groups is 2. The minimum Gasteiger partial charge on any atom is -0.465 e. The van der Waals surface area contributed by atoms with Crippen molar-refractivity contribution in [2.75, 3.05) is 26.4 Å². The molecule has 6 nitrogen and oxygen atoms in total. The number of ether oxygens (including phenoxy) is 2. The van der Waals surface area contributed by atoms with E-state index in [4.69, 9.17) is 9.47 Å². The predicted molar refractivity (Wildman–Crippen MR) is 315 cm³/mol. The van der Waals surface area contributed by atoms with E-state index in [9.17, 15) is 19.8 Å². The van der Waals surface area contributed by atoms with E-state index >= 15 is 0 Å². The maximum Gasteiger partial charge on any atom is 0.309 e. The smallest absolute Gasteiger partial charge is 0.309 e. The van der Waals surface area contributed by atoms with Crippen LogP contribution in [0, 0.1) is 11.3 Å². The number of aliphatic hydroxyl groups excluding tert-OH is 2. The van der Waals surface area contributed by atoms with E-state index in [1.807, 2.05) is 0 Å². The molecule has 73 heavy (non-hydrogen) atoms. The van der Waals surface area contributed by atoms with Crippen LogP contribution in [0.1, 0.15) is 366 Å². The zero-order chi connectivity index (χ0) is 52.5. The summed E-state index contributed by atoms with van der Waals surface area (Å²) in [5, 5.41) is 19.2. The zero-order valence-electron chi connectivity index (χ0n) is 49.2. The molecule has 432 valence electrons. The average Bonchev–Trinajstić information content (AvgIpc) is 3.46. The van der Waals surface area contributed by atoms with Crippen LogP contribution in [0.25, 0.3) is 0 Å².